The number of nitrogens with zero attached hydrogens (tertiary/aromatic N) is 6. The Kier molecular flexibility index (Phi) is 7.46. The SMILES string of the molecule is Cc1ccccc1-n1nnnc1SCC(=O)Nc1ccc(N2CCN(C(=O)c3ccccc3)CC2)cc1. The van der Waals surface area contributed by atoms with Crippen molar-refractivity contribution in [3.8, 4) is 5.69 Å². The minimum absolute atomic E-state index is 0.0733. The molecule has 2 amide bonds. The van der Waals surface area contributed by atoms with E-state index < -0.39 is 0 Å². The fourth-order valence-corrected chi connectivity index (χ4v) is 4.92. The van der Waals surface area contributed by atoms with Crippen molar-refractivity contribution in [1.82, 2.24) is 25.1 Å². The Hall–Kier alpha value is -4.18. The molecule has 0 radical (unpaired) electrons. The van der Waals surface area contributed by atoms with Gasteiger partial charge in [0.2, 0.25) is 11.1 Å². The van der Waals surface area contributed by atoms with Crippen molar-refractivity contribution in [1.29, 1.82) is 0 Å². The molecule has 1 aliphatic rings. The molecule has 0 bridgehead atoms. The summed E-state index contributed by atoms with van der Waals surface area (Å²) < 4.78 is 1.65. The van der Waals surface area contributed by atoms with Crippen LogP contribution in [0.5, 0.6) is 0 Å². The minimum Gasteiger partial charge on any atom is -0.368 e. The van der Waals surface area contributed by atoms with Crippen LogP contribution in [0.15, 0.2) is 84.0 Å². The zero-order valence-corrected chi connectivity index (χ0v) is 21.3. The van der Waals surface area contributed by atoms with Crippen LogP contribution in [0.4, 0.5) is 11.4 Å². The molecule has 37 heavy (non-hydrogen) atoms. The van der Waals surface area contributed by atoms with Crippen molar-refractivity contribution in [3.05, 3.63) is 90.0 Å². The number of hydrogen-bond donors (Lipinski definition) is 1. The van der Waals surface area contributed by atoms with E-state index in [1.54, 1.807) is 4.68 Å². The first kappa shape index (κ1) is 24.5. The molecule has 0 saturated carbocycles. The summed E-state index contributed by atoms with van der Waals surface area (Å²) in [5.74, 6) is 0.125. The molecule has 1 saturated heterocycles. The van der Waals surface area contributed by atoms with Crippen LogP contribution in [-0.2, 0) is 4.79 Å². The molecule has 9 nitrogen and oxygen atoms in total. The van der Waals surface area contributed by atoms with Gasteiger partial charge in [0.05, 0.1) is 11.4 Å². The quantitative estimate of drug-likeness (QED) is 0.377. The lowest BCUT2D eigenvalue weighted by Gasteiger charge is -2.36. The topological polar surface area (TPSA) is 96.2 Å². The van der Waals surface area contributed by atoms with Gasteiger partial charge in [-0.05, 0) is 65.4 Å². The van der Waals surface area contributed by atoms with Crippen LogP contribution in [0.25, 0.3) is 5.69 Å². The summed E-state index contributed by atoms with van der Waals surface area (Å²) in [5, 5.41) is 15.4. The zero-order valence-electron chi connectivity index (χ0n) is 20.4. The van der Waals surface area contributed by atoms with Crippen LogP contribution in [0.1, 0.15) is 15.9 Å². The predicted molar refractivity (Wildman–Crippen MR) is 144 cm³/mol. The average molecular weight is 514 g/mol. The van der Waals surface area contributed by atoms with E-state index >= 15 is 0 Å². The fraction of sp³-hybridized carbons (Fsp3) is 0.222. The van der Waals surface area contributed by atoms with Crippen molar-refractivity contribution < 1.29 is 9.59 Å². The molecule has 188 valence electrons. The first-order valence-corrected chi connectivity index (χ1v) is 13.0. The van der Waals surface area contributed by atoms with E-state index in [0.717, 1.165) is 41.3 Å². The zero-order chi connectivity index (χ0) is 25.6. The van der Waals surface area contributed by atoms with Gasteiger partial charge in [0, 0.05) is 43.1 Å². The summed E-state index contributed by atoms with van der Waals surface area (Å²) in [6.45, 7) is 4.86. The van der Waals surface area contributed by atoms with Gasteiger partial charge in [0.15, 0.2) is 0 Å². The van der Waals surface area contributed by atoms with E-state index in [-0.39, 0.29) is 17.6 Å². The summed E-state index contributed by atoms with van der Waals surface area (Å²) in [6.07, 6.45) is 0. The number of rotatable bonds is 7. The van der Waals surface area contributed by atoms with Gasteiger partial charge in [0.1, 0.15) is 0 Å². The molecule has 3 aromatic carbocycles. The Balaban J connectivity index is 1.12. The van der Waals surface area contributed by atoms with E-state index in [0.29, 0.717) is 18.2 Å². The van der Waals surface area contributed by atoms with Crippen LogP contribution in [0.3, 0.4) is 0 Å². The third-order valence-electron chi connectivity index (χ3n) is 6.22. The number of hydrogen-bond acceptors (Lipinski definition) is 7. The molecule has 4 aromatic rings. The fourth-order valence-electron chi connectivity index (χ4n) is 4.23. The highest BCUT2D eigenvalue weighted by Gasteiger charge is 2.22. The molecule has 0 aliphatic carbocycles. The highest BCUT2D eigenvalue weighted by atomic mass is 32.2. The molecule has 10 heteroatoms. The minimum atomic E-state index is -0.134. The summed E-state index contributed by atoms with van der Waals surface area (Å²) in [7, 11) is 0. The number of nitrogens with one attached hydrogen (secondary N) is 1. The van der Waals surface area contributed by atoms with E-state index in [1.807, 2.05) is 90.7 Å². The second-order valence-electron chi connectivity index (χ2n) is 8.69. The Bertz CT molecular complexity index is 1370. The van der Waals surface area contributed by atoms with Gasteiger partial charge in [-0.2, -0.15) is 4.68 Å². The number of carbonyl (C=O) groups excluding carboxylic acids is 2. The van der Waals surface area contributed by atoms with Crippen LogP contribution in [-0.4, -0.2) is 68.9 Å². The predicted octanol–water partition coefficient (Wildman–Crippen LogP) is 3.66. The van der Waals surface area contributed by atoms with Crippen molar-refractivity contribution in [2.75, 3.05) is 42.1 Å². The van der Waals surface area contributed by atoms with Gasteiger partial charge in [-0.25, -0.2) is 0 Å². The number of piperazine rings is 1. The second-order valence-corrected chi connectivity index (χ2v) is 9.63. The van der Waals surface area contributed by atoms with E-state index in [4.69, 9.17) is 0 Å². The van der Waals surface area contributed by atoms with Crippen molar-refractivity contribution in [2.45, 2.75) is 12.1 Å². The van der Waals surface area contributed by atoms with Crippen LogP contribution >= 0.6 is 11.8 Å². The first-order valence-electron chi connectivity index (χ1n) is 12.0. The molecule has 5 rings (SSSR count). The summed E-state index contributed by atoms with van der Waals surface area (Å²) in [4.78, 5) is 29.4. The third kappa shape index (κ3) is 5.80. The number of carbonyl (C=O) groups is 2. The maximum absolute atomic E-state index is 12.7. The smallest absolute Gasteiger partial charge is 0.253 e. The normalized spacial score (nSPS) is 13.4. The summed E-state index contributed by atoms with van der Waals surface area (Å²) in [5.41, 5.74) is 4.45. The molecule has 0 spiro atoms. The largest absolute Gasteiger partial charge is 0.368 e. The van der Waals surface area contributed by atoms with E-state index in [2.05, 4.69) is 25.7 Å². The van der Waals surface area contributed by atoms with Gasteiger partial charge >= 0.3 is 0 Å². The molecule has 0 unspecified atom stereocenters. The lowest BCUT2D eigenvalue weighted by atomic mass is 10.1. The standard InChI is InChI=1S/C27H27N7O2S/c1-20-7-5-6-10-24(20)34-27(29-30-31-34)37-19-25(35)28-22-11-13-23(14-12-22)32-15-17-33(18-16-32)26(36)21-8-3-2-4-9-21/h2-14H,15-19H2,1H3,(H,28,35). The van der Waals surface area contributed by atoms with Crippen LogP contribution in [0, 0.1) is 6.92 Å². The number of aromatic nitrogens is 4. The van der Waals surface area contributed by atoms with Crippen LogP contribution < -0.4 is 10.2 Å². The number of benzene rings is 3. The molecule has 1 fully saturated rings. The summed E-state index contributed by atoms with van der Waals surface area (Å²) in [6, 6.07) is 25.0. The molecule has 1 aliphatic heterocycles. The van der Waals surface area contributed by atoms with Crippen molar-refractivity contribution in [2.24, 2.45) is 0 Å². The number of para-hydroxylation sites is 1. The lowest BCUT2D eigenvalue weighted by molar-refractivity contribution is -0.113. The number of aryl methyl sites for hydroxylation is 1. The molecule has 2 heterocycles. The monoisotopic (exact) mass is 513 g/mol. The van der Waals surface area contributed by atoms with Gasteiger partial charge in [-0.3, -0.25) is 9.59 Å². The van der Waals surface area contributed by atoms with Crippen LogP contribution in [0.2, 0.25) is 0 Å². The maximum Gasteiger partial charge on any atom is 0.253 e. The Morgan fingerprint density at radius 3 is 2.32 bits per heavy atom. The van der Waals surface area contributed by atoms with Gasteiger partial charge in [-0.1, -0.05) is 48.2 Å². The number of amides is 2. The second kappa shape index (κ2) is 11.3. The third-order valence-corrected chi connectivity index (χ3v) is 7.14. The maximum atomic E-state index is 12.7. The Labute approximate surface area is 219 Å². The van der Waals surface area contributed by atoms with E-state index in [1.165, 1.54) is 11.8 Å². The highest BCUT2D eigenvalue weighted by Crippen LogP contribution is 2.22. The van der Waals surface area contributed by atoms with Crippen molar-refractivity contribution >= 4 is 35.0 Å². The molecule has 1 aromatic heterocycles. The number of anilines is 2. The van der Waals surface area contributed by atoms with Gasteiger partial charge in [-0.15, -0.1) is 5.10 Å². The number of tetrazole rings is 1. The van der Waals surface area contributed by atoms with Gasteiger partial charge in [0.25, 0.3) is 5.91 Å². The van der Waals surface area contributed by atoms with E-state index in [9.17, 15) is 9.59 Å². The Morgan fingerprint density at radius 1 is 0.892 bits per heavy atom. The first-order chi connectivity index (χ1) is 18.1. The molecular formula is C27H27N7O2S. The average Bonchev–Trinajstić information content (AvgIpc) is 3.41. The Morgan fingerprint density at radius 2 is 1.59 bits per heavy atom. The molecular weight excluding hydrogens is 486 g/mol. The molecule has 1 N–H and O–H groups in total. The van der Waals surface area contributed by atoms with Crippen molar-refractivity contribution in [3.63, 3.8) is 0 Å². The lowest BCUT2D eigenvalue weighted by Crippen LogP contribution is -2.48. The summed E-state index contributed by atoms with van der Waals surface area (Å²) >= 11 is 1.29. The molecule has 0 atom stereocenters. The number of thioether (sulfide) groups is 1. The van der Waals surface area contributed by atoms with Gasteiger partial charge < -0.3 is 15.1 Å². The highest BCUT2D eigenvalue weighted by molar-refractivity contribution is 7.99.